The number of fused-ring (bicyclic) bond motifs is 1. The van der Waals surface area contributed by atoms with E-state index in [9.17, 15) is 9.59 Å². The van der Waals surface area contributed by atoms with E-state index in [1.54, 1.807) is 55.5 Å². The van der Waals surface area contributed by atoms with Gasteiger partial charge >= 0.3 is 0 Å². The molecule has 1 heterocycles. The van der Waals surface area contributed by atoms with Crippen molar-refractivity contribution in [1.82, 2.24) is 0 Å². The van der Waals surface area contributed by atoms with E-state index >= 15 is 0 Å². The zero-order valence-electron chi connectivity index (χ0n) is 22.6. The minimum atomic E-state index is -0.759. The molecule has 4 aromatic carbocycles. The van der Waals surface area contributed by atoms with Gasteiger partial charge in [0.2, 0.25) is 5.91 Å². The molecule has 0 saturated heterocycles. The van der Waals surface area contributed by atoms with Crippen molar-refractivity contribution in [3.8, 4) is 17.2 Å². The van der Waals surface area contributed by atoms with E-state index < -0.39 is 12.0 Å². The zero-order chi connectivity index (χ0) is 28.4. The quantitative estimate of drug-likeness (QED) is 0.271. The van der Waals surface area contributed by atoms with Gasteiger partial charge in [0.1, 0.15) is 17.2 Å². The molecule has 1 aliphatic rings. The first kappa shape index (κ1) is 27.1. The van der Waals surface area contributed by atoms with Crippen LogP contribution in [-0.2, 0) is 4.79 Å². The second-order valence-corrected chi connectivity index (χ2v) is 9.85. The number of carbonyl (C=O) groups is 2. The predicted octanol–water partition coefficient (Wildman–Crippen LogP) is 6.80. The first-order chi connectivity index (χ1) is 19.4. The molecule has 0 spiro atoms. The third-order valence-corrected chi connectivity index (χ3v) is 7.58. The van der Waals surface area contributed by atoms with Crippen LogP contribution in [0.1, 0.15) is 39.0 Å². The average molecular weight is 557 g/mol. The summed E-state index contributed by atoms with van der Waals surface area (Å²) in [6.07, 6.45) is 0. The summed E-state index contributed by atoms with van der Waals surface area (Å²) in [5, 5.41) is 3.59. The Hall–Kier alpha value is -4.49. The lowest BCUT2D eigenvalue weighted by atomic mass is 9.78. The van der Waals surface area contributed by atoms with Crippen molar-refractivity contribution in [2.75, 3.05) is 31.5 Å². The molecule has 5 rings (SSSR count). The Kier molecular flexibility index (Phi) is 7.67. The number of rotatable bonds is 7. The lowest BCUT2D eigenvalue weighted by molar-refractivity contribution is -0.118. The highest BCUT2D eigenvalue weighted by molar-refractivity contribution is 6.31. The summed E-state index contributed by atoms with van der Waals surface area (Å²) in [5.74, 6) is 0.519. The van der Waals surface area contributed by atoms with Gasteiger partial charge in [-0.05, 0) is 72.1 Å². The number of nitrogens with one attached hydrogen (secondary N) is 1. The van der Waals surface area contributed by atoms with Crippen molar-refractivity contribution in [2.24, 2.45) is 0 Å². The summed E-state index contributed by atoms with van der Waals surface area (Å²) < 4.78 is 16.2. The number of ether oxygens (including phenoxy) is 3. The number of carbonyl (C=O) groups excluding carboxylic acids is 2. The topological polar surface area (TPSA) is 77.1 Å². The molecule has 1 aliphatic heterocycles. The minimum Gasteiger partial charge on any atom is -0.497 e. The monoisotopic (exact) mass is 556 g/mol. The van der Waals surface area contributed by atoms with Crippen LogP contribution < -0.4 is 24.4 Å². The molecule has 0 radical (unpaired) electrons. The van der Waals surface area contributed by atoms with Crippen molar-refractivity contribution in [3.63, 3.8) is 0 Å². The molecule has 0 fully saturated rings. The van der Waals surface area contributed by atoms with Crippen LogP contribution in [0.15, 0.2) is 84.9 Å². The number of aryl methyl sites for hydroxylation is 1. The molecule has 0 aliphatic carbocycles. The number of nitrogens with zero attached hydrogens (tertiary/aromatic N) is 1. The number of halogens is 1. The minimum absolute atomic E-state index is 0.203. The fourth-order valence-corrected chi connectivity index (χ4v) is 5.28. The highest BCUT2D eigenvalue weighted by Crippen LogP contribution is 2.46. The van der Waals surface area contributed by atoms with Crippen molar-refractivity contribution in [1.29, 1.82) is 0 Å². The van der Waals surface area contributed by atoms with Gasteiger partial charge in [-0.1, -0.05) is 41.9 Å². The van der Waals surface area contributed by atoms with Crippen molar-refractivity contribution < 1.29 is 23.8 Å². The second-order valence-electron chi connectivity index (χ2n) is 9.45. The highest BCUT2D eigenvalue weighted by atomic mass is 35.5. The number of benzene rings is 4. The smallest absolute Gasteiger partial charge is 0.259 e. The Morgan fingerprint density at radius 2 is 1.48 bits per heavy atom. The van der Waals surface area contributed by atoms with Gasteiger partial charge in [-0.25, -0.2) is 0 Å². The molecular weight excluding hydrogens is 528 g/mol. The second kappa shape index (κ2) is 11.3. The van der Waals surface area contributed by atoms with Crippen molar-refractivity contribution in [3.05, 3.63) is 112 Å². The van der Waals surface area contributed by atoms with Gasteiger partial charge in [0.15, 0.2) is 0 Å². The molecule has 2 amide bonds. The first-order valence-electron chi connectivity index (χ1n) is 12.7. The highest BCUT2D eigenvalue weighted by Gasteiger charge is 2.45. The van der Waals surface area contributed by atoms with Crippen LogP contribution in [0.25, 0.3) is 0 Å². The summed E-state index contributed by atoms with van der Waals surface area (Å²) in [6, 6.07) is 24.7. The van der Waals surface area contributed by atoms with Crippen LogP contribution in [0.2, 0.25) is 5.02 Å². The summed E-state index contributed by atoms with van der Waals surface area (Å²) in [5.41, 5.74) is 3.80. The van der Waals surface area contributed by atoms with Gasteiger partial charge in [0, 0.05) is 22.3 Å². The summed E-state index contributed by atoms with van der Waals surface area (Å²) in [4.78, 5) is 30.1. The molecule has 40 heavy (non-hydrogen) atoms. The third kappa shape index (κ3) is 4.96. The molecule has 0 saturated carbocycles. The van der Waals surface area contributed by atoms with E-state index in [2.05, 4.69) is 5.32 Å². The van der Waals surface area contributed by atoms with E-state index in [0.717, 1.165) is 11.1 Å². The maximum atomic E-state index is 14.3. The van der Waals surface area contributed by atoms with Crippen LogP contribution >= 0.6 is 11.6 Å². The normalized spacial score (nSPS) is 16.2. The molecule has 2 atom stereocenters. The summed E-state index contributed by atoms with van der Waals surface area (Å²) in [6.45, 7) is 1.86. The Bertz CT molecular complexity index is 1550. The largest absolute Gasteiger partial charge is 0.497 e. The van der Waals surface area contributed by atoms with Crippen LogP contribution in [0, 0.1) is 6.92 Å². The number of methoxy groups -OCH3 is 3. The average Bonchev–Trinajstić information content (AvgIpc) is 2.99. The van der Waals surface area contributed by atoms with Crippen LogP contribution in [0.4, 0.5) is 11.4 Å². The Morgan fingerprint density at radius 3 is 2.10 bits per heavy atom. The predicted molar refractivity (Wildman–Crippen MR) is 156 cm³/mol. The van der Waals surface area contributed by atoms with Gasteiger partial charge in [0.25, 0.3) is 5.91 Å². The summed E-state index contributed by atoms with van der Waals surface area (Å²) >= 11 is 6.31. The number of hydrogen-bond acceptors (Lipinski definition) is 5. The van der Waals surface area contributed by atoms with E-state index in [1.807, 2.05) is 55.5 Å². The van der Waals surface area contributed by atoms with Crippen molar-refractivity contribution in [2.45, 2.75) is 18.9 Å². The molecule has 7 nitrogen and oxygen atoms in total. The van der Waals surface area contributed by atoms with E-state index in [4.69, 9.17) is 25.8 Å². The van der Waals surface area contributed by atoms with Gasteiger partial charge in [0.05, 0.1) is 39.0 Å². The number of hydrogen-bond donors (Lipinski definition) is 1. The first-order valence-corrected chi connectivity index (χ1v) is 13.1. The maximum Gasteiger partial charge on any atom is 0.259 e. The number of amides is 2. The third-order valence-electron chi connectivity index (χ3n) is 7.17. The summed E-state index contributed by atoms with van der Waals surface area (Å²) in [7, 11) is 4.71. The molecule has 8 heteroatoms. The van der Waals surface area contributed by atoms with Crippen molar-refractivity contribution >= 4 is 34.8 Å². The van der Waals surface area contributed by atoms with E-state index in [-0.39, 0.29) is 11.8 Å². The van der Waals surface area contributed by atoms with E-state index in [0.29, 0.717) is 44.8 Å². The van der Waals surface area contributed by atoms with Gasteiger partial charge < -0.3 is 19.5 Å². The fraction of sp³-hybridized carbons (Fsp3) is 0.188. The maximum absolute atomic E-state index is 14.3. The molecule has 0 aromatic heterocycles. The fourth-order valence-electron chi connectivity index (χ4n) is 5.13. The molecule has 4 aromatic rings. The Labute approximate surface area is 238 Å². The van der Waals surface area contributed by atoms with Crippen LogP contribution in [0.5, 0.6) is 17.2 Å². The van der Waals surface area contributed by atoms with Crippen LogP contribution in [-0.4, -0.2) is 33.1 Å². The van der Waals surface area contributed by atoms with Gasteiger partial charge in [-0.2, -0.15) is 0 Å². The Balaban J connectivity index is 1.69. The zero-order valence-corrected chi connectivity index (χ0v) is 23.4. The molecule has 0 bridgehead atoms. The van der Waals surface area contributed by atoms with E-state index in [1.165, 1.54) is 7.11 Å². The lowest BCUT2D eigenvalue weighted by Crippen LogP contribution is -2.46. The van der Waals surface area contributed by atoms with Crippen LogP contribution in [0.3, 0.4) is 0 Å². The van der Waals surface area contributed by atoms with Gasteiger partial charge in [-0.3, -0.25) is 14.5 Å². The SMILES string of the molecule is COc1ccc([C@@H]2[C@@H](C(=O)Nc3cc(C)c(Cl)cc3OC)c3ccccc3C(=O)N2c2ccc(OC)cc2)cc1. The molecule has 0 unspecified atom stereocenters. The number of anilines is 2. The molecular formula is C32H29ClN2O5. The standard InChI is InChI=1S/C32H29ClN2O5/c1-19-17-27(28(40-4)18-26(19)33)34-31(36)29-24-7-5-6-8-25(24)32(37)35(21-11-15-23(39-3)16-12-21)30(29)20-9-13-22(38-2)14-10-20/h5-18,29-30H,1-4H3,(H,34,36)/t29-,30+/m0/s1. The molecule has 204 valence electrons. The Morgan fingerprint density at radius 1 is 0.850 bits per heavy atom. The lowest BCUT2D eigenvalue weighted by Gasteiger charge is -2.42. The van der Waals surface area contributed by atoms with Gasteiger partial charge in [-0.15, -0.1) is 0 Å². The molecule has 1 N–H and O–H groups in total.